The van der Waals surface area contributed by atoms with Crippen LogP contribution in [0.25, 0.3) is 0 Å². The molecule has 0 spiro atoms. The third-order valence-corrected chi connectivity index (χ3v) is 10.6. The van der Waals surface area contributed by atoms with Crippen molar-refractivity contribution in [2.24, 2.45) is 0 Å². The van der Waals surface area contributed by atoms with Gasteiger partial charge in [0.05, 0.1) is 26.6 Å². The van der Waals surface area contributed by atoms with Crippen LogP contribution in [0.2, 0.25) is 10.0 Å². The fourth-order valence-corrected chi connectivity index (χ4v) is 7.72. The van der Waals surface area contributed by atoms with E-state index in [4.69, 9.17) is 23.2 Å². The van der Waals surface area contributed by atoms with E-state index in [1.165, 1.54) is 17.0 Å². The van der Waals surface area contributed by atoms with Crippen LogP contribution in [0, 0.1) is 0 Å². The zero-order chi connectivity index (χ0) is 29.9. The van der Waals surface area contributed by atoms with Crippen molar-refractivity contribution < 1.29 is 27.6 Å². The molecule has 1 aliphatic carbocycles. The van der Waals surface area contributed by atoms with Crippen molar-refractivity contribution in [2.45, 2.75) is 73.6 Å². The Bertz CT molecular complexity index is 1440. The first-order valence-electron chi connectivity index (χ1n) is 13.6. The number of rotatable bonds is 11. The number of carbonyl (C=O) groups is 4. The van der Waals surface area contributed by atoms with E-state index < -0.39 is 50.2 Å². The van der Waals surface area contributed by atoms with Gasteiger partial charge in [-0.15, -0.1) is 0 Å². The van der Waals surface area contributed by atoms with Crippen LogP contribution in [0.3, 0.4) is 0 Å². The molecule has 1 unspecified atom stereocenters. The van der Waals surface area contributed by atoms with Crippen LogP contribution in [-0.2, 0) is 34.4 Å². The fourth-order valence-electron chi connectivity index (χ4n) is 5.38. The molecule has 2 aromatic rings. The number of hydrogen-bond acceptors (Lipinski definition) is 6. The molecular weight excluding hydrogens is 589 g/mol. The van der Waals surface area contributed by atoms with Gasteiger partial charge in [0.1, 0.15) is 6.04 Å². The third kappa shape index (κ3) is 6.29. The van der Waals surface area contributed by atoms with Gasteiger partial charge in [-0.3, -0.25) is 19.2 Å². The summed E-state index contributed by atoms with van der Waals surface area (Å²) in [7, 11) is -4.03. The molecule has 3 amide bonds. The summed E-state index contributed by atoms with van der Waals surface area (Å²) in [4.78, 5) is 54.1. The summed E-state index contributed by atoms with van der Waals surface area (Å²) in [5, 5.41) is 4.55. The van der Waals surface area contributed by atoms with Crippen molar-refractivity contribution >= 4 is 56.5 Å². The number of likely N-dealkylation sites (N-methyl/N-ethyl adjacent to an activating group) is 1. The van der Waals surface area contributed by atoms with Gasteiger partial charge in [-0.05, 0) is 62.4 Å². The van der Waals surface area contributed by atoms with E-state index in [1.807, 2.05) is 6.92 Å². The molecule has 9 nitrogen and oxygen atoms in total. The first-order valence-corrected chi connectivity index (χ1v) is 15.9. The summed E-state index contributed by atoms with van der Waals surface area (Å²) >= 11 is 12.3. The Balaban J connectivity index is 1.67. The number of ketones is 1. The number of benzene rings is 2. The van der Waals surface area contributed by atoms with Gasteiger partial charge in [0.2, 0.25) is 17.6 Å². The molecule has 3 atom stereocenters. The molecule has 1 aliphatic heterocycles. The lowest BCUT2D eigenvalue weighted by Gasteiger charge is -2.29. The number of carbonyl (C=O) groups excluding carboxylic acids is 4. The SMILES string of the molecule is CCCC(NC(=O)[C@@H]1C[C@@H](S(=O)(=O)c2ccccc2Cl)CN1C(=O)C1(c2ccc(Cl)cc2)CC1)C(=O)C(=O)NCC. The van der Waals surface area contributed by atoms with Crippen LogP contribution in [0.15, 0.2) is 53.4 Å². The highest BCUT2D eigenvalue weighted by atomic mass is 35.5. The molecule has 0 radical (unpaired) electrons. The molecule has 12 heteroatoms. The first kappa shape index (κ1) is 31.0. The number of nitrogens with zero attached hydrogens (tertiary/aromatic N) is 1. The molecule has 41 heavy (non-hydrogen) atoms. The van der Waals surface area contributed by atoms with Gasteiger partial charge >= 0.3 is 0 Å². The van der Waals surface area contributed by atoms with Gasteiger partial charge in [0, 0.05) is 18.1 Å². The largest absolute Gasteiger partial charge is 0.350 e. The van der Waals surface area contributed by atoms with Gasteiger partial charge in [0.15, 0.2) is 9.84 Å². The lowest BCUT2D eigenvalue weighted by molar-refractivity contribution is -0.143. The normalized spacial score (nSPS) is 20.2. The molecule has 1 heterocycles. The van der Waals surface area contributed by atoms with Gasteiger partial charge in [-0.25, -0.2) is 8.42 Å². The van der Waals surface area contributed by atoms with Gasteiger partial charge in [-0.1, -0.05) is 60.8 Å². The molecule has 2 aliphatic rings. The summed E-state index contributed by atoms with van der Waals surface area (Å²) in [6.45, 7) is 3.51. The Morgan fingerprint density at radius 1 is 1.02 bits per heavy atom. The summed E-state index contributed by atoms with van der Waals surface area (Å²) in [6, 6.07) is 10.7. The van der Waals surface area contributed by atoms with Crippen LogP contribution in [0.4, 0.5) is 0 Å². The second-order valence-corrected chi connectivity index (χ2v) is 13.5. The van der Waals surface area contributed by atoms with Crippen LogP contribution < -0.4 is 10.6 Å². The first-order chi connectivity index (χ1) is 19.5. The van der Waals surface area contributed by atoms with E-state index in [0.717, 1.165) is 5.56 Å². The van der Waals surface area contributed by atoms with Crippen molar-refractivity contribution in [3.63, 3.8) is 0 Å². The fraction of sp³-hybridized carbons (Fsp3) is 0.448. The molecule has 2 N–H and O–H groups in total. The van der Waals surface area contributed by atoms with E-state index in [-0.39, 0.29) is 41.8 Å². The van der Waals surface area contributed by atoms with E-state index in [9.17, 15) is 27.6 Å². The Labute approximate surface area is 249 Å². The second-order valence-electron chi connectivity index (χ2n) is 10.5. The second kappa shape index (κ2) is 12.5. The number of hydrogen-bond donors (Lipinski definition) is 2. The van der Waals surface area contributed by atoms with Gasteiger partial charge in [-0.2, -0.15) is 0 Å². The average molecular weight is 623 g/mol. The number of nitrogens with one attached hydrogen (secondary N) is 2. The Morgan fingerprint density at radius 3 is 2.27 bits per heavy atom. The van der Waals surface area contributed by atoms with Crippen LogP contribution in [0.5, 0.6) is 0 Å². The summed E-state index contributed by atoms with van der Waals surface area (Å²) in [5.74, 6) is -2.65. The highest BCUT2D eigenvalue weighted by Crippen LogP contribution is 2.51. The van der Waals surface area contributed by atoms with Gasteiger partial charge < -0.3 is 15.5 Å². The lowest BCUT2D eigenvalue weighted by Crippen LogP contribution is -2.54. The monoisotopic (exact) mass is 621 g/mol. The average Bonchev–Trinajstić information content (AvgIpc) is 3.62. The number of halogens is 2. The molecule has 220 valence electrons. The van der Waals surface area contributed by atoms with E-state index >= 15 is 0 Å². The lowest BCUT2D eigenvalue weighted by atomic mass is 9.94. The molecule has 4 rings (SSSR count). The third-order valence-electron chi connectivity index (χ3n) is 7.74. The quantitative estimate of drug-likeness (QED) is 0.370. The smallest absolute Gasteiger partial charge is 0.289 e. The number of Topliss-reactive ketones (excluding diaryl/α,β-unsaturated/α-hetero) is 1. The van der Waals surface area contributed by atoms with E-state index in [1.54, 1.807) is 43.3 Å². The van der Waals surface area contributed by atoms with E-state index in [0.29, 0.717) is 24.3 Å². The Hall–Kier alpha value is -2.95. The standard InChI is InChI=1S/C29H33Cl2N3O6S/c1-3-7-22(25(35)27(37)32-4-2)33-26(36)23-16-20(41(39,40)24-9-6-5-8-21(24)31)17-34(23)28(38)29(14-15-29)18-10-12-19(30)13-11-18/h5-6,8-13,20,22-23H,3-4,7,14-17H2,1-2H3,(H,32,37)(H,33,36)/t20-,22?,23+/m1/s1. The molecule has 1 saturated heterocycles. The van der Waals surface area contributed by atoms with Crippen molar-refractivity contribution in [1.82, 2.24) is 15.5 Å². The van der Waals surface area contributed by atoms with Crippen molar-refractivity contribution in [3.05, 3.63) is 64.1 Å². The molecule has 1 saturated carbocycles. The van der Waals surface area contributed by atoms with Crippen LogP contribution in [0.1, 0.15) is 51.5 Å². The maximum absolute atomic E-state index is 14.1. The minimum atomic E-state index is -4.03. The number of likely N-dealkylation sites (tertiary alicyclic amines) is 1. The summed E-state index contributed by atoms with van der Waals surface area (Å²) in [5.41, 5.74) is -0.162. The van der Waals surface area contributed by atoms with E-state index in [2.05, 4.69) is 10.6 Å². The molecule has 2 aromatic carbocycles. The molecule has 0 aromatic heterocycles. The zero-order valence-corrected chi connectivity index (χ0v) is 25.2. The maximum atomic E-state index is 14.1. The van der Waals surface area contributed by atoms with Crippen molar-refractivity contribution in [2.75, 3.05) is 13.1 Å². The van der Waals surface area contributed by atoms with Crippen LogP contribution in [-0.4, -0.2) is 67.2 Å². The van der Waals surface area contributed by atoms with Crippen molar-refractivity contribution in [3.8, 4) is 0 Å². The molecule has 0 bridgehead atoms. The predicted molar refractivity (Wildman–Crippen MR) is 155 cm³/mol. The summed E-state index contributed by atoms with van der Waals surface area (Å²) in [6.07, 6.45) is 1.60. The van der Waals surface area contributed by atoms with Crippen LogP contribution >= 0.6 is 23.2 Å². The zero-order valence-electron chi connectivity index (χ0n) is 22.9. The van der Waals surface area contributed by atoms with Gasteiger partial charge in [0.25, 0.3) is 5.91 Å². The summed E-state index contributed by atoms with van der Waals surface area (Å²) < 4.78 is 27.4. The molecular formula is C29H33Cl2N3O6S. The maximum Gasteiger partial charge on any atom is 0.289 e. The topological polar surface area (TPSA) is 130 Å². The minimum Gasteiger partial charge on any atom is -0.350 e. The number of sulfone groups is 1. The molecule has 2 fully saturated rings. The number of amides is 3. The Kier molecular flexibility index (Phi) is 9.45. The Morgan fingerprint density at radius 2 is 1.68 bits per heavy atom. The predicted octanol–water partition coefficient (Wildman–Crippen LogP) is 3.46. The minimum absolute atomic E-state index is 0.0497. The van der Waals surface area contributed by atoms with Crippen molar-refractivity contribution in [1.29, 1.82) is 0 Å². The highest BCUT2D eigenvalue weighted by Gasteiger charge is 2.57. The highest BCUT2D eigenvalue weighted by molar-refractivity contribution is 7.92.